The molecule has 0 saturated carbocycles. The number of rotatable bonds is 10. The van der Waals surface area contributed by atoms with Crippen molar-refractivity contribution in [2.24, 2.45) is 17.4 Å². The van der Waals surface area contributed by atoms with Gasteiger partial charge in [0, 0.05) is 25.5 Å². The minimum absolute atomic E-state index is 0. The van der Waals surface area contributed by atoms with Crippen LogP contribution in [-0.4, -0.2) is 43.2 Å². The third kappa shape index (κ3) is 5.83. The van der Waals surface area contributed by atoms with E-state index in [1.807, 2.05) is 0 Å². The number of hydrogen-bond donors (Lipinski definition) is 2. The fourth-order valence-electron chi connectivity index (χ4n) is 2.19. The molecule has 0 spiro atoms. The molecule has 0 amide bonds. The first-order valence-corrected chi connectivity index (χ1v) is 7.74. The van der Waals surface area contributed by atoms with Gasteiger partial charge in [-0.05, 0) is 18.8 Å². The highest BCUT2D eigenvalue weighted by molar-refractivity contribution is 6.09. The largest absolute Gasteiger partial charge is 0.464 e. The number of halogens is 1. The Morgan fingerprint density at radius 2 is 2.14 bits per heavy atom. The number of cyclic esters (lactones) is 1. The van der Waals surface area contributed by atoms with Crippen molar-refractivity contribution in [3.8, 4) is 0 Å². The lowest BCUT2D eigenvalue weighted by Crippen LogP contribution is -2.51. The first-order chi connectivity index (χ1) is 9.91. The van der Waals surface area contributed by atoms with E-state index in [0.717, 1.165) is 12.8 Å². The molecule has 4 N–H and O–H groups in total. The summed E-state index contributed by atoms with van der Waals surface area (Å²) < 4.78 is 10.3. The van der Waals surface area contributed by atoms with Gasteiger partial charge in [0.2, 0.25) is 0 Å². The molecule has 1 fully saturated rings. The lowest BCUT2D eigenvalue weighted by molar-refractivity contribution is -0.146. The molecule has 22 heavy (non-hydrogen) atoms. The molecule has 130 valence electrons. The van der Waals surface area contributed by atoms with Gasteiger partial charge in [0.15, 0.2) is 11.3 Å². The van der Waals surface area contributed by atoms with E-state index in [1.54, 1.807) is 0 Å². The molecule has 0 aromatic carbocycles. The predicted octanol–water partition coefficient (Wildman–Crippen LogP) is 1.18. The average Bonchev–Trinajstić information content (AvgIpc) is 2.82. The summed E-state index contributed by atoms with van der Waals surface area (Å²) in [6, 6.07) is 0.0530. The fourth-order valence-corrected chi connectivity index (χ4v) is 2.19. The molecule has 7 heteroatoms. The molecule has 1 rings (SSSR count). The van der Waals surface area contributed by atoms with Crippen LogP contribution < -0.4 is 11.5 Å². The van der Waals surface area contributed by atoms with Crippen LogP contribution >= 0.6 is 12.4 Å². The highest BCUT2D eigenvalue weighted by atomic mass is 35.5. The molecule has 3 atom stereocenters. The predicted molar refractivity (Wildman–Crippen MR) is 86.8 cm³/mol. The maximum atomic E-state index is 12.0. The number of carbonyl (C=O) groups is 2. The summed E-state index contributed by atoms with van der Waals surface area (Å²) in [6.07, 6.45) is 3.01. The Morgan fingerprint density at radius 3 is 2.68 bits per heavy atom. The SMILES string of the molecule is CC[C@H](C)C(N)COCCCCC(=O)[C@@]1(N)CCOC1=O.Cl. The van der Waals surface area contributed by atoms with Crippen molar-refractivity contribution >= 4 is 24.2 Å². The van der Waals surface area contributed by atoms with Crippen LogP contribution in [0.15, 0.2) is 0 Å². The molecule has 1 aliphatic heterocycles. The van der Waals surface area contributed by atoms with Crippen molar-refractivity contribution in [2.45, 2.75) is 57.5 Å². The fraction of sp³-hybridized carbons (Fsp3) is 0.867. The molecular weight excluding hydrogens is 308 g/mol. The second-order valence-corrected chi connectivity index (χ2v) is 5.86. The van der Waals surface area contributed by atoms with Gasteiger partial charge in [0.1, 0.15) is 0 Å². The van der Waals surface area contributed by atoms with E-state index < -0.39 is 11.5 Å². The maximum Gasteiger partial charge on any atom is 0.334 e. The van der Waals surface area contributed by atoms with Crippen molar-refractivity contribution < 1.29 is 19.1 Å². The molecule has 0 radical (unpaired) electrons. The van der Waals surface area contributed by atoms with Gasteiger partial charge < -0.3 is 20.9 Å². The Bertz CT molecular complexity index is 367. The average molecular weight is 337 g/mol. The van der Waals surface area contributed by atoms with Crippen molar-refractivity contribution in [1.82, 2.24) is 0 Å². The van der Waals surface area contributed by atoms with Gasteiger partial charge in [0.25, 0.3) is 0 Å². The second-order valence-electron chi connectivity index (χ2n) is 5.86. The summed E-state index contributed by atoms with van der Waals surface area (Å²) in [4.78, 5) is 23.4. The lowest BCUT2D eigenvalue weighted by Gasteiger charge is -2.18. The van der Waals surface area contributed by atoms with Gasteiger partial charge in [0.05, 0.1) is 13.2 Å². The number of ether oxygens (including phenoxy) is 2. The number of Topliss-reactive ketones (excluding diaryl/α,β-unsaturated/α-hetero) is 1. The van der Waals surface area contributed by atoms with Crippen LogP contribution in [0.4, 0.5) is 0 Å². The molecule has 6 nitrogen and oxygen atoms in total. The van der Waals surface area contributed by atoms with E-state index in [0.29, 0.717) is 25.6 Å². The third-order valence-electron chi connectivity index (χ3n) is 4.22. The summed E-state index contributed by atoms with van der Waals surface area (Å²) in [5, 5.41) is 0. The first kappa shape index (κ1) is 21.3. The first-order valence-electron chi connectivity index (χ1n) is 7.74. The Kier molecular flexibility index (Phi) is 9.84. The zero-order valence-electron chi connectivity index (χ0n) is 13.5. The van der Waals surface area contributed by atoms with Crippen molar-refractivity contribution in [1.29, 1.82) is 0 Å². The standard InChI is InChI=1S/C15H28N2O4.ClH/c1-3-11(2)12(16)10-20-8-5-4-6-13(18)15(17)7-9-21-14(15)19;/h11-12H,3-10,16-17H2,1-2H3;1H/t11-,12?,15-;/m0./s1. The van der Waals surface area contributed by atoms with E-state index >= 15 is 0 Å². The zero-order chi connectivity index (χ0) is 15.9. The molecule has 0 aliphatic carbocycles. The number of carbonyl (C=O) groups excluding carboxylic acids is 2. The number of ketones is 1. The van der Waals surface area contributed by atoms with E-state index in [-0.39, 0.29) is 43.7 Å². The van der Waals surface area contributed by atoms with E-state index in [2.05, 4.69) is 13.8 Å². The molecule has 1 unspecified atom stereocenters. The Hall–Kier alpha value is -0.690. The van der Waals surface area contributed by atoms with Crippen LogP contribution in [0.2, 0.25) is 0 Å². The molecule has 1 aliphatic rings. The maximum absolute atomic E-state index is 12.0. The zero-order valence-corrected chi connectivity index (χ0v) is 14.3. The van der Waals surface area contributed by atoms with Gasteiger partial charge in [-0.15, -0.1) is 12.4 Å². The summed E-state index contributed by atoms with van der Waals surface area (Å²) in [6.45, 7) is 5.55. The van der Waals surface area contributed by atoms with Gasteiger partial charge in [-0.25, -0.2) is 4.79 Å². The van der Waals surface area contributed by atoms with E-state index in [9.17, 15) is 9.59 Å². The summed E-state index contributed by atoms with van der Waals surface area (Å²) >= 11 is 0. The van der Waals surface area contributed by atoms with Crippen molar-refractivity contribution in [3.63, 3.8) is 0 Å². The number of nitrogens with two attached hydrogens (primary N) is 2. The quantitative estimate of drug-likeness (QED) is 0.352. The van der Waals surface area contributed by atoms with Crippen molar-refractivity contribution in [3.05, 3.63) is 0 Å². The van der Waals surface area contributed by atoms with Crippen molar-refractivity contribution in [2.75, 3.05) is 19.8 Å². The third-order valence-corrected chi connectivity index (χ3v) is 4.22. The smallest absolute Gasteiger partial charge is 0.334 e. The number of esters is 1. The van der Waals surface area contributed by atoms with E-state index in [4.69, 9.17) is 20.9 Å². The topological polar surface area (TPSA) is 105 Å². The van der Waals surface area contributed by atoms with Crippen LogP contribution in [0.5, 0.6) is 0 Å². The lowest BCUT2D eigenvalue weighted by atomic mass is 9.90. The molecular formula is C15H29ClN2O4. The molecule has 0 aromatic rings. The molecule has 0 bridgehead atoms. The van der Waals surface area contributed by atoms with Crippen LogP contribution in [0.25, 0.3) is 0 Å². The highest BCUT2D eigenvalue weighted by Gasteiger charge is 2.46. The number of unbranched alkanes of at least 4 members (excludes halogenated alkanes) is 1. The molecule has 1 heterocycles. The highest BCUT2D eigenvalue weighted by Crippen LogP contribution is 2.20. The Labute approximate surface area is 138 Å². The van der Waals surface area contributed by atoms with Crippen LogP contribution in [0, 0.1) is 5.92 Å². The monoisotopic (exact) mass is 336 g/mol. The summed E-state index contributed by atoms with van der Waals surface area (Å²) in [7, 11) is 0. The summed E-state index contributed by atoms with van der Waals surface area (Å²) in [5.41, 5.74) is 10.3. The Morgan fingerprint density at radius 1 is 1.45 bits per heavy atom. The van der Waals surface area contributed by atoms with Crippen LogP contribution in [-0.2, 0) is 19.1 Å². The molecule has 0 aromatic heterocycles. The van der Waals surface area contributed by atoms with Gasteiger partial charge in [-0.3, -0.25) is 4.79 Å². The minimum atomic E-state index is -1.42. The number of hydrogen-bond acceptors (Lipinski definition) is 6. The van der Waals surface area contributed by atoms with Crippen LogP contribution in [0.3, 0.4) is 0 Å². The van der Waals surface area contributed by atoms with Gasteiger partial charge in [-0.2, -0.15) is 0 Å². The molecule has 1 saturated heterocycles. The van der Waals surface area contributed by atoms with E-state index in [1.165, 1.54) is 0 Å². The van der Waals surface area contributed by atoms with Crippen LogP contribution in [0.1, 0.15) is 46.0 Å². The Balaban J connectivity index is 0.00000441. The second kappa shape index (κ2) is 10.2. The van der Waals surface area contributed by atoms with Gasteiger partial charge >= 0.3 is 5.97 Å². The van der Waals surface area contributed by atoms with Gasteiger partial charge in [-0.1, -0.05) is 20.3 Å². The normalized spacial score (nSPS) is 23.5. The summed E-state index contributed by atoms with van der Waals surface area (Å²) in [5.74, 6) is -0.387. The minimum Gasteiger partial charge on any atom is -0.464 e.